The maximum Gasteiger partial charge on any atom is 0.254 e. The van der Waals surface area contributed by atoms with E-state index in [2.05, 4.69) is 18.8 Å². The molecule has 1 fully saturated rings. The Labute approximate surface area is 118 Å². The van der Waals surface area contributed by atoms with Gasteiger partial charge in [0.2, 0.25) is 0 Å². The van der Waals surface area contributed by atoms with Crippen LogP contribution in [0.2, 0.25) is 0 Å². The molecule has 2 heterocycles. The van der Waals surface area contributed by atoms with Crippen molar-refractivity contribution in [3.8, 4) is 0 Å². The van der Waals surface area contributed by atoms with Gasteiger partial charge in [-0.3, -0.25) is 0 Å². The highest BCUT2D eigenvalue weighted by atomic mass is 32.2. The van der Waals surface area contributed by atoms with Crippen LogP contribution in [0.25, 0.3) is 0 Å². The standard InChI is InChI=1S/C12H21N3O2S2/c1-4-12(3)5-7-15(8-6-12)19(16,17)10-9(2)14-11(13)18-10/h4-8H2,1-3H3,(H2,13,14). The number of anilines is 1. The summed E-state index contributed by atoms with van der Waals surface area (Å²) < 4.78 is 27.0. The lowest BCUT2D eigenvalue weighted by molar-refractivity contribution is 0.169. The minimum atomic E-state index is -3.42. The fourth-order valence-electron chi connectivity index (χ4n) is 2.38. The van der Waals surface area contributed by atoms with Crippen molar-refractivity contribution in [2.24, 2.45) is 5.41 Å². The summed E-state index contributed by atoms with van der Waals surface area (Å²) in [6.45, 7) is 7.26. The summed E-state index contributed by atoms with van der Waals surface area (Å²) in [7, 11) is -3.42. The molecule has 0 bridgehead atoms. The summed E-state index contributed by atoms with van der Waals surface area (Å²) in [6, 6.07) is 0. The number of aryl methyl sites for hydroxylation is 1. The SMILES string of the molecule is CCC1(C)CCN(S(=O)(=O)c2sc(N)nc2C)CC1. The second kappa shape index (κ2) is 5.03. The zero-order valence-corrected chi connectivity index (χ0v) is 13.3. The van der Waals surface area contributed by atoms with Crippen LogP contribution in [0, 0.1) is 12.3 Å². The number of piperidine rings is 1. The first kappa shape index (κ1) is 14.7. The van der Waals surface area contributed by atoms with Crippen molar-refractivity contribution in [2.45, 2.75) is 44.2 Å². The number of hydrogen-bond donors (Lipinski definition) is 1. The van der Waals surface area contributed by atoms with Crippen LogP contribution in [0.15, 0.2) is 4.21 Å². The molecule has 0 spiro atoms. The van der Waals surface area contributed by atoms with Crippen LogP contribution in [0.5, 0.6) is 0 Å². The topological polar surface area (TPSA) is 76.3 Å². The summed E-state index contributed by atoms with van der Waals surface area (Å²) in [5.74, 6) is 0. The number of nitrogens with zero attached hydrogens (tertiary/aromatic N) is 2. The van der Waals surface area contributed by atoms with Crippen LogP contribution in [-0.2, 0) is 10.0 Å². The van der Waals surface area contributed by atoms with Crippen molar-refractivity contribution in [1.29, 1.82) is 0 Å². The van der Waals surface area contributed by atoms with Crippen molar-refractivity contribution in [3.63, 3.8) is 0 Å². The number of thiazole rings is 1. The van der Waals surface area contributed by atoms with Gasteiger partial charge in [0, 0.05) is 13.1 Å². The molecule has 1 saturated heterocycles. The normalized spacial score (nSPS) is 20.6. The van der Waals surface area contributed by atoms with E-state index in [1.165, 1.54) is 0 Å². The third-order valence-electron chi connectivity index (χ3n) is 4.13. The highest BCUT2D eigenvalue weighted by Crippen LogP contribution is 2.37. The minimum absolute atomic E-state index is 0.272. The molecule has 0 radical (unpaired) electrons. The summed E-state index contributed by atoms with van der Waals surface area (Å²) >= 11 is 1.06. The number of nitrogen functional groups attached to an aromatic ring is 1. The van der Waals surface area contributed by atoms with Crippen LogP contribution in [0.3, 0.4) is 0 Å². The molecule has 5 nitrogen and oxygen atoms in total. The molecule has 0 aliphatic carbocycles. The Hall–Kier alpha value is -0.660. The fraction of sp³-hybridized carbons (Fsp3) is 0.750. The van der Waals surface area contributed by atoms with Gasteiger partial charge in [-0.2, -0.15) is 4.31 Å². The zero-order chi connectivity index (χ0) is 14.3. The van der Waals surface area contributed by atoms with Gasteiger partial charge in [0.25, 0.3) is 10.0 Å². The largest absolute Gasteiger partial charge is 0.375 e. The predicted octanol–water partition coefficient (Wildman–Crippen LogP) is 2.23. The molecule has 2 N–H and O–H groups in total. The zero-order valence-electron chi connectivity index (χ0n) is 11.6. The van der Waals surface area contributed by atoms with Crippen LogP contribution >= 0.6 is 11.3 Å². The fourth-order valence-corrected chi connectivity index (χ4v) is 5.26. The van der Waals surface area contributed by atoms with Gasteiger partial charge >= 0.3 is 0 Å². The molecule has 19 heavy (non-hydrogen) atoms. The number of aromatic nitrogens is 1. The highest BCUT2D eigenvalue weighted by molar-refractivity contribution is 7.91. The quantitative estimate of drug-likeness (QED) is 0.929. The van der Waals surface area contributed by atoms with Gasteiger partial charge in [0.05, 0.1) is 5.69 Å². The van der Waals surface area contributed by atoms with Crippen molar-refractivity contribution < 1.29 is 8.42 Å². The van der Waals surface area contributed by atoms with Crippen molar-refractivity contribution in [1.82, 2.24) is 9.29 Å². The molecule has 0 amide bonds. The third-order valence-corrected chi connectivity index (χ3v) is 7.60. The Bertz CT molecular complexity index is 558. The molecule has 7 heteroatoms. The first-order valence-electron chi connectivity index (χ1n) is 6.51. The molecule has 1 aliphatic heterocycles. The monoisotopic (exact) mass is 303 g/mol. The maximum atomic E-state index is 12.6. The van der Waals surface area contributed by atoms with Gasteiger partial charge < -0.3 is 5.73 Å². The molecule has 1 aliphatic rings. The van der Waals surface area contributed by atoms with E-state index in [-0.39, 0.29) is 5.41 Å². The Balaban J connectivity index is 2.21. The molecule has 0 atom stereocenters. The van der Waals surface area contributed by atoms with Crippen LogP contribution in [0.4, 0.5) is 5.13 Å². The van der Waals surface area contributed by atoms with E-state index in [1.54, 1.807) is 11.2 Å². The number of hydrogen-bond acceptors (Lipinski definition) is 5. The van der Waals surface area contributed by atoms with E-state index in [0.29, 0.717) is 28.1 Å². The average molecular weight is 303 g/mol. The van der Waals surface area contributed by atoms with Crippen molar-refractivity contribution in [3.05, 3.63) is 5.69 Å². The lowest BCUT2D eigenvalue weighted by Gasteiger charge is -2.37. The molecule has 1 aromatic rings. The van der Waals surface area contributed by atoms with Crippen molar-refractivity contribution in [2.75, 3.05) is 18.8 Å². The van der Waals surface area contributed by atoms with Gasteiger partial charge in [0.15, 0.2) is 9.34 Å². The maximum absolute atomic E-state index is 12.6. The van der Waals surface area contributed by atoms with Crippen LogP contribution in [0.1, 0.15) is 38.8 Å². The minimum Gasteiger partial charge on any atom is -0.375 e. The lowest BCUT2D eigenvalue weighted by atomic mass is 9.79. The van der Waals surface area contributed by atoms with Gasteiger partial charge in [-0.15, -0.1) is 0 Å². The Morgan fingerprint density at radius 3 is 2.42 bits per heavy atom. The molecule has 108 valence electrons. The molecule has 0 unspecified atom stereocenters. The third kappa shape index (κ3) is 2.78. The number of rotatable bonds is 3. The van der Waals surface area contributed by atoms with Crippen LogP contribution < -0.4 is 5.73 Å². The van der Waals surface area contributed by atoms with E-state index in [9.17, 15) is 8.42 Å². The molecular formula is C12H21N3O2S2. The van der Waals surface area contributed by atoms with Crippen LogP contribution in [-0.4, -0.2) is 30.8 Å². The van der Waals surface area contributed by atoms with Gasteiger partial charge in [-0.25, -0.2) is 13.4 Å². The number of sulfonamides is 1. The second-order valence-corrected chi connectivity index (χ2v) is 8.66. The molecule has 0 saturated carbocycles. The summed E-state index contributed by atoms with van der Waals surface area (Å²) in [4.78, 5) is 4.01. The smallest absolute Gasteiger partial charge is 0.254 e. The summed E-state index contributed by atoms with van der Waals surface area (Å²) in [5.41, 5.74) is 6.37. The molecular weight excluding hydrogens is 282 g/mol. The van der Waals surface area contributed by atoms with E-state index < -0.39 is 10.0 Å². The Morgan fingerprint density at radius 1 is 1.42 bits per heavy atom. The predicted molar refractivity (Wildman–Crippen MR) is 77.7 cm³/mol. The summed E-state index contributed by atoms with van der Waals surface area (Å²) in [5, 5.41) is 0.312. The molecule has 1 aromatic heterocycles. The van der Waals surface area contributed by atoms with Gasteiger partial charge in [0.1, 0.15) is 0 Å². The summed E-state index contributed by atoms with van der Waals surface area (Å²) in [6.07, 6.45) is 2.92. The van der Waals surface area contributed by atoms with E-state index in [4.69, 9.17) is 5.73 Å². The first-order chi connectivity index (χ1) is 8.78. The molecule has 2 rings (SSSR count). The number of nitrogens with two attached hydrogens (primary N) is 1. The van der Waals surface area contributed by atoms with Crippen molar-refractivity contribution >= 4 is 26.5 Å². The van der Waals surface area contributed by atoms with Gasteiger partial charge in [-0.05, 0) is 25.2 Å². The van der Waals surface area contributed by atoms with E-state index in [1.807, 2.05) is 0 Å². The molecule has 0 aromatic carbocycles. The highest BCUT2D eigenvalue weighted by Gasteiger charge is 2.36. The van der Waals surface area contributed by atoms with E-state index >= 15 is 0 Å². The average Bonchev–Trinajstić information content (AvgIpc) is 2.70. The Morgan fingerprint density at radius 2 is 2.00 bits per heavy atom. The lowest BCUT2D eigenvalue weighted by Crippen LogP contribution is -2.41. The van der Waals surface area contributed by atoms with Gasteiger partial charge in [-0.1, -0.05) is 31.6 Å². The second-order valence-electron chi connectivity index (χ2n) is 5.49. The first-order valence-corrected chi connectivity index (χ1v) is 8.77. The Kier molecular flexibility index (Phi) is 3.90. The van der Waals surface area contributed by atoms with E-state index in [0.717, 1.165) is 30.6 Å².